The number of carbonyl (C=O) groups excluding carboxylic acids is 1. The third-order valence-electron chi connectivity index (χ3n) is 3.09. The molecule has 4 heteroatoms. The second-order valence-corrected chi connectivity index (χ2v) is 5.22. The number of aliphatic hydroxyl groups excluding tert-OH is 1. The summed E-state index contributed by atoms with van der Waals surface area (Å²) in [6, 6.07) is 7.99. The van der Waals surface area contributed by atoms with Gasteiger partial charge in [-0.3, -0.25) is 4.79 Å². The molecule has 0 aliphatic heterocycles. The number of benzene rings is 1. The largest absolute Gasteiger partial charge is 0.393 e. The fraction of sp³-hybridized carbons (Fsp3) is 0.438. The molecule has 0 saturated carbocycles. The number of hydrogen-bond acceptors (Lipinski definition) is 3. The van der Waals surface area contributed by atoms with Crippen molar-refractivity contribution in [2.45, 2.75) is 19.4 Å². The number of amides is 1. The van der Waals surface area contributed by atoms with E-state index in [-0.39, 0.29) is 12.0 Å². The highest BCUT2D eigenvalue weighted by atomic mass is 16.3. The van der Waals surface area contributed by atoms with Gasteiger partial charge in [-0.05, 0) is 37.1 Å². The van der Waals surface area contributed by atoms with Crippen molar-refractivity contribution in [2.75, 3.05) is 32.6 Å². The van der Waals surface area contributed by atoms with Gasteiger partial charge >= 0.3 is 0 Å². The molecule has 1 rings (SSSR count). The van der Waals surface area contributed by atoms with Crippen LogP contribution in [0, 0.1) is 0 Å². The third-order valence-corrected chi connectivity index (χ3v) is 3.09. The molecule has 1 aromatic carbocycles. The number of rotatable bonds is 6. The number of nitrogens with zero attached hydrogens (tertiary/aromatic N) is 2. The maximum atomic E-state index is 11.9. The molecule has 0 heterocycles. The number of carbonyl (C=O) groups is 1. The van der Waals surface area contributed by atoms with Gasteiger partial charge in [0.15, 0.2) is 0 Å². The number of aliphatic hydroxyl groups is 1. The second kappa shape index (κ2) is 7.70. The van der Waals surface area contributed by atoms with Crippen LogP contribution in [-0.4, -0.2) is 49.7 Å². The van der Waals surface area contributed by atoms with Crippen LogP contribution in [0.25, 0.3) is 6.08 Å². The summed E-state index contributed by atoms with van der Waals surface area (Å²) in [6.45, 7) is 2.28. The molecule has 0 aliphatic rings. The average molecular weight is 276 g/mol. The molecule has 1 N–H and O–H groups in total. The van der Waals surface area contributed by atoms with E-state index in [1.165, 1.54) is 0 Å². The maximum Gasteiger partial charge on any atom is 0.246 e. The van der Waals surface area contributed by atoms with Gasteiger partial charge in [0, 0.05) is 39.5 Å². The summed E-state index contributed by atoms with van der Waals surface area (Å²) in [5, 5.41) is 9.20. The van der Waals surface area contributed by atoms with E-state index >= 15 is 0 Å². The maximum absolute atomic E-state index is 11.9. The van der Waals surface area contributed by atoms with Crippen LogP contribution in [0.3, 0.4) is 0 Å². The smallest absolute Gasteiger partial charge is 0.246 e. The molecule has 20 heavy (non-hydrogen) atoms. The topological polar surface area (TPSA) is 43.8 Å². The summed E-state index contributed by atoms with van der Waals surface area (Å²) in [4.78, 5) is 15.5. The molecular formula is C16H24N2O2. The lowest BCUT2D eigenvalue weighted by Gasteiger charge is -2.15. The molecular weight excluding hydrogens is 252 g/mol. The van der Waals surface area contributed by atoms with Crippen molar-refractivity contribution in [3.05, 3.63) is 35.9 Å². The van der Waals surface area contributed by atoms with E-state index in [0.29, 0.717) is 13.0 Å². The van der Waals surface area contributed by atoms with E-state index in [9.17, 15) is 9.90 Å². The molecule has 1 atom stereocenters. The standard InChI is InChI=1S/C16H24N2O2/c1-13(19)11-12-18(4)16(20)10-7-14-5-8-15(9-6-14)17(2)3/h5-10,13,19H,11-12H2,1-4H3/b10-7+. The van der Waals surface area contributed by atoms with Gasteiger partial charge in [-0.1, -0.05) is 12.1 Å². The van der Waals surface area contributed by atoms with Crippen molar-refractivity contribution >= 4 is 17.7 Å². The molecule has 1 unspecified atom stereocenters. The Kier molecular flexibility index (Phi) is 6.25. The van der Waals surface area contributed by atoms with E-state index in [4.69, 9.17) is 0 Å². The first-order valence-electron chi connectivity index (χ1n) is 6.79. The number of anilines is 1. The molecule has 4 nitrogen and oxygen atoms in total. The Bertz CT molecular complexity index is 450. The zero-order valence-corrected chi connectivity index (χ0v) is 12.7. The molecule has 0 aromatic heterocycles. The van der Waals surface area contributed by atoms with Gasteiger partial charge < -0.3 is 14.9 Å². The molecule has 0 bridgehead atoms. The zero-order chi connectivity index (χ0) is 15.1. The number of likely N-dealkylation sites (N-methyl/N-ethyl adjacent to an activating group) is 1. The summed E-state index contributed by atoms with van der Waals surface area (Å²) in [7, 11) is 5.72. The van der Waals surface area contributed by atoms with Crippen LogP contribution in [-0.2, 0) is 4.79 Å². The molecule has 0 aliphatic carbocycles. The van der Waals surface area contributed by atoms with Gasteiger partial charge in [0.1, 0.15) is 0 Å². The summed E-state index contributed by atoms with van der Waals surface area (Å²) in [5.41, 5.74) is 2.12. The summed E-state index contributed by atoms with van der Waals surface area (Å²) in [6.07, 6.45) is 3.58. The first-order valence-corrected chi connectivity index (χ1v) is 6.79. The van der Waals surface area contributed by atoms with Crippen LogP contribution in [0.5, 0.6) is 0 Å². The summed E-state index contributed by atoms with van der Waals surface area (Å²) in [5.74, 6) is -0.0534. The predicted molar refractivity (Wildman–Crippen MR) is 83.7 cm³/mol. The molecule has 0 spiro atoms. The van der Waals surface area contributed by atoms with Crippen molar-refractivity contribution in [3.63, 3.8) is 0 Å². The summed E-state index contributed by atoms with van der Waals surface area (Å²) >= 11 is 0. The van der Waals surface area contributed by atoms with Crippen molar-refractivity contribution in [1.29, 1.82) is 0 Å². The van der Waals surface area contributed by atoms with Crippen LogP contribution < -0.4 is 4.90 Å². The molecule has 0 saturated heterocycles. The molecule has 1 aromatic rings. The quantitative estimate of drug-likeness (QED) is 0.808. The first kappa shape index (κ1) is 16.2. The lowest BCUT2D eigenvalue weighted by atomic mass is 10.2. The summed E-state index contributed by atoms with van der Waals surface area (Å²) < 4.78 is 0. The lowest BCUT2D eigenvalue weighted by Crippen LogP contribution is -2.27. The molecule has 110 valence electrons. The van der Waals surface area contributed by atoms with Gasteiger partial charge in [0.05, 0.1) is 6.10 Å². The van der Waals surface area contributed by atoms with Crippen LogP contribution in [0.2, 0.25) is 0 Å². The molecule has 1 amide bonds. The number of hydrogen-bond donors (Lipinski definition) is 1. The fourth-order valence-electron chi connectivity index (χ4n) is 1.67. The van der Waals surface area contributed by atoms with Gasteiger partial charge in [0.25, 0.3) is 0 Å². The Morgan fingerprint density at radius 2 is 1.85 bits per heavy atom. The predicted octanol–water partition coefficient (Wildman–Crippen LogP) is 2.00. The van der Waals surface area contributed by atoms with E-state index in [1.807, 2.05) is 43.3 Å². The minimum absolute atomic E-state index is 0.0534. The van der Waals surface area contributed by atoms with E-state index in [0.717, 1.165) is 11.3 Å². The van der Waals surface area contributed by atoms with E-state index in [2.05, 4.69) is 0 Å². The normalized spacial score (nSPS) is 12.4. The highest BCUT2D eigenvalue weighted by Gasteiger charge is 2.06. The van der Waals surface area contributed by atoms with Gasteiger partial charge in [0.2, 0.25) is 5.91 Å². The third kappa shape index (κ3) is 5.45. The molecule has 0 fully saturated rings. The second-order valence-electron chi connectivity index (χ2n) is 5.22. The Hall–Kier alpha value is -1.81. The Morgan fingerprint density at radius 1 is 1.25 bits per heavy atom. The zero-order valence-electron chi connectivity index (χ0n) is 12.7. The van der Waals surface area contributed by atoms with Crippen molar-refractivity contribution in [3.8, 4) is 0 Å². The highest BCUT2D eigenvalue weighted by Crippen LogP contribution is 2.13. The van der Waals surface area contributed by atoms with Crippen LogP contribution >= 0.6 is 0 Å². The Morgan fingerprint density at radius 3 is 2.35 bits per heavy atom. The highest BCUT2D eigenvalue weighted by molar-refractivity contribution is 5.91. The lowest BCUT2D eigenvalue weighted by molar-refractivity contribution is -0.124. The monoisotopic (exact) mass is 276 g/mol. The fourth-order valence-corrected chi connectivity index (χ4v) is 1.67. The Balaban J connectivity index is 2.56. The van der Waals surface area contributed by atoms with Crippen LogP contribution in [0.1, 0.15) is 18.9 Å². The molecule has 0 radical (unpaired) electrons. The first-order chi connectivity index (χ1) is 9.40. The SMILES string of the molecule is CC(O)CCN(C)C(=O)/C=C/c1ccc(N(C)C)cc1. The van der Waals surface area contributed by atoms with Gasteiger partial charge in [-0.2, -0.15) is 0 Å². The van der Waals surface area contributed by atoms with Crippen molar-refractivity contribution < 1.29 is 9.90 Å². The van der Waals surface area contributed by atoms with Crippen molar-refractivity contribution in [2.24, 2.45) is 0 Å². The van der Waals surface area contributed by atoms with Gasteiger partial charge in [-0.25, -0.2) is 0 Å². The minimum Gasteiger partial charge on any atom is -0.393 e. The van der Waals surface area contributed by atoms with Gasteiger partial charge in [-0.15, -0.1) is 0 Å². The minimum atomic E-state index is -0.382. The Labute approximate surface area is 121 Å². The van der Waals surface area contributed by atoms with E-state index in [1.54, 1.807) is 31.0 Å². The average Bonchev–Trinajstić information content (AvgIpc) is 2.42. The van der Waals surface area contributed by atoms with Crippen LogP contribution in [0.15, 0.2) is 30.3 Å². The van der Waals surface area contributed by atoms with Crippen LogP contribution in [0.4, 0.5) is 5.69 Å². The van der Waals surface area contributed by atoms with Crippen molar-refractivity contribution in [1.82, 2.24) is 4.90 Å². The van der Waals surface area contributed by atoms with E-state index < -0.39 is 0 Å².